The Balaban J connectivity index is 0.998. The number of anilines is 6. The van der Waals surface area contributed by atoms with Crippen LogP contribution in [0.1, 0.15) is 22.3 Å². The molecule has 324 valence electrons. The normalized spacial score (nSPS) is 13.7. The zero-order chi connectivity index (χ0) is 45.9. The SMILES string of the molecule is c1ccc(-c2ccc(N3c4ccc(-c5ccccc5)cc4B4c5ccccc5N(c5ccc6c(c5)-c5ccccc5C65c6ccccc6-c6ccccc65)c5cc(-c6ccccc6)cc3c54)cc2)cc1. The number of hydrogen-bond acceptors (Lipinski definition) is 2. The van der Waals surface area contributed by atoms with Gasteiger partial charge < -0.3 is 9.80 Å². The summed E-state index contributed by atoms with van der Waals surface area (Å²) in [7, 11) is 0. The molecule has 1 spiro atoms. The summed E-state index contributed by atoms with van der Waals surface area (Å²) >= 11 is 0. The molecule has 4 aliphatic rings. The van der Waals surface area contributed by atoms with E-state index in [-0.39, 0.29) is 6.71 Å². The van der Waals surface area contributed by atoms with Crippen LogP contribution in [0.25, 0.3) is 55.6 Å². The van der Waals surface area contributed by atoms with Crippen LogP contribution in [0.5, 0.6) is 0 Å². The van der Waals surface area contributed by atoms with E-state index in [0.29, 0.717) is 0 Å². The second-order valence-electron chi connectivity index (χ2n) is 19.1. The molecular weight excluding hydrogens is 844 g/mol. The van der Waals surface area contributed by atoms with E-state index in [9.17, 15) is 0 Å². The fourth-order valence-electron chi connectivity index (χ4n) is 12.8. The van der Waals surface area contributed by atoms with Crippen molar-refractivity contribution in [1.82, 2.24) is 0 Å². The molecule has 0 N–H and O–H groups in total. The van der Waals surface area contributed by atoms with Crippen LogP contribution >= 0.6 is 0 Å². The van der Waals surface area contributed by atoms with Crippen LogP contribution in [-0.2, 0) is 5.41 Å². The van der Waals surface area contributed by atoms with Gasteiger partial charge in [0.25, 0.3) is 6.71 Å². The summed E-state index contributed by atoms with van der Waals surface area (Å²) in [6.45, 7) is -0.0225. The highest BCUT2D eigenvalue weighted by Crippen LogP contribution is 2.63. The molecule has 0 radical (unpaired) electrons. The van der Waals surface area contributed by atoms with Crippen molar-refractivity contribution in [3.63, 3.8) is 0 Å². The monoisotopic (exact) mass is 886 g/mol. The Morgan fingerprint density at radius 2 is 0.686 bits per heavy atom. The van der Waals surface area contributed by atoms with Gasteiger partial charge in [0.2, 0.25) is 0 Å². The van der Waals surface area contributed by atoms with Gasteiger partial charge in [-0.05, 0) is 143 Å². The molecule has 2 aliphatic heterocycles. The molecule has 15 rings (SSSR count). The van der Waals surface area contributed by atoms with Gasteiger partial charge in [0.05, 0.1) is 5.41 Å². The van der Waals surface area contributed by atoms with E-state index >= 15 is 0 Å². The lowest BCUT2D eigenvalue weighted by Gasteiger charge is -2.44. The molecular formula is C67H43BN2. The van der Waals surface area contributed by atoms with Gasteiger partial charge >= 0.3 is 0 Å². The Hall–Kier alpha value is -8.92. The van der Waals surface area contributed by atoms with E-state index in [1.807, 2.05) is 0 Å². The second-order valence-corrected chi connectivity index (χ2v) is 19.1. The number of hydrogen-bond donors (Lipinski definition) is 0. The zero-order valence-corrected chi connectivity index (χ0v) is 38.3. The molecule has 0 unspecified atom stereocenters. The van der Waals surface area contributed by atoms with E-state index in [1.165, 1.54) is 117 Å². The molecule has 2 nitrogen and oxygen atoms in total. The standard InChI is InChI=1S/C67H43BN2/c1-4-18-44(19-5-1)47-32-35-50(36-33-47)69-63-39-34-48(45-20-6-2-7-21-45)40-61(63)68-60-30-16-17-31-62(60)70(65-42-49(41-64(69)66(65)68)46-22-8-3-9-23-46)51-37-38-59-55(43-51)54-26-12-15-29-58(54)67(59)56-27-13-10-24-52(56)53-25-11-14-28-57(53)67/h1-43H. The molecule has 2 heterocycles. The quantitative estimate of drug-likeness (QED) is 0.159. The number of fused-ring (bicyclic) bond motifs is 14. The predicted molar refractivity (Wildman–Crippen MR) is 293 cm³/mol. The predicted octanol–water partition coefficient (Wildman–Crippen LogP) is 15.1. The molecule has 0 atom stereocenters. The molecule has 0 bridgehead atoms. The van der Waals surface area contributed by atoms with E-state index in [2.05, 4.69) is 271 Å². The highest BCUT2D eigenvalue weighted by molar-refractivity contribution is 7.00. The Morgan fingerprint density at radius 1 is 0.257 bits per heavy atom. The third-order valence-corrected chi connectivity index (χ3v) is 15.7. The van der Waals surface area contributed by atoms with Crippen molar-refractivity contribution in [3.05, 3.63) is 283 Å². The summed E-state index contributed by atoms with van der Waals surface area (Å²) in [5.74, 6) is 0. The van der Waals surface area contributed by atoms with Crippen LogP contribution in [-0.4, -0.2) is 6.71 Å². The number of nitrogens with zero attached hydrogens (tertiary/aromatic N) is 2. The summed E-state index contributed by atoms with van der Waals surface area (Å²) in [6.07, 6.45) is 0. The van der Waals surface area contributed by atoms with Crippen LogP contribution < -0.4 is 26.2 Å². The molecule has 0 aromatic heterocycles. The first-order valence-electron chi connectivity index (χ1n) is 24.5. The van der Waals surface area contributed by atoms with Crippen LogP contribution in [0.2, 0.25) is 0 Å². The van der Waals surface area contributed by atoms with Crippen molar-refractivity contribution < 1.29 is 0 Å². The summed E-state index contributed by atoms with van der Waals surface area (Å²) in [5, 5.41) is 0. The van der Waals surface area contributed by atoms with Crippen LogP contribution in [0.4, 0.5) is 34.1 Å². The van der Waals surface area contributed by atoms with Gasteiger partial charge in [0, 0.05) is 34.1 Å². The Bertz CT molecular complexity index is 3850. The van der Waals surface area contributed by atoms with Crippen LogP contribution in [0.3, 0.4) is 0 Å². The molecule has 2 aliphatic carbocycles. The largest absolute Gasteiger partial charge is 0.311 e. The minimum atomic E-state index is -0.411. The molecule has 3 heteroatoms. The molecule has 11 aromatic carbocycles. The lowest BCUT2D eigenvalue weighted by Crippen LogP contribution is -2.61. The van der Waals surface area contributed by atoms with Gasteiger partial charge in [0.1, 0.15) is 0 Å². The first-order valence-corrected chi connectivity index (χ1v) is 24.5. The maximum atomic E-state index is 2.57. The smallest absolute Gasteiger partial charge is 0.252 e. The van der Waals surface area contributed by atoms with E-state index < -0.39 is 5.41 Å². The fourth-order valence-corrected chi connectivity index (χ4v) is 12.8. The highest BCUT2D eigenvalue weighted by Gasteiger charge is 2.52. The Morgan fingerprint density at radius 3 is 1.30 bits per heavy atom. The van der Waals surface area contributed by atoms with Gasteiger partial charge in [-0.3, -0.25) is 0 Å². The number of rotatable bonds is 5. The fraction of sp³-hybridized carbons (Fsp3) is 0.0149. The molecule has 0 fully saturated rings. The molecule has 70 heavy (non-hydrogen) atoms. The summed E-state index contributed by atoms with van der Waals surface area (Å²) in [6, 6.07) is 97.5. The van der Waals surface area contributed by atoms with Crippen molar-refractivity contribution in [2.75, 3.05) is 9.80 Å². The van der Waals surface area contributed by atoms with Gasteiger partial charge in [-0.1, -0.05) is 212 Å². The Labute approximate surface area is 409 Å². The van der Waals surface area contributed by atoms with Crippen molar-refractivity contribution in [2.45, 2.75) is 5.41 Å². The molecule has 11 aromatic rings. The van der Waals surface area contributed by atoms with Crippen molar-refractivity contribution >= 4 is 57.2 Å². The maximum Gasteiger partial charge on any atom is 0.252 e. The van der Waals surface area contributed by atoms with Gasteiger partial charge in [-0.15, -0.1) is 0 Å². The van der Waals surface area contributed by atoms with Crippen molar-refractivity contribution in [2.24, 2.45) is 0 Å². The Kier molecular flexibility index (Phi) is 8.41. The lowest BCUT2D eigenvalue weighted by atomic mass is 9.33. The minimum Gasteiger partial charge on any atom is -0.311 e. The van der Waals surface area contributed by atoms with Gasteiger partial charge in [0.15, 0.2) is 0 Å². The zero-order valence-electron chi connectivity index (χ0n) is 38.3. The number of benzene rings is 11. The van der Waals surface area contributed by atoms with Gasteiger partial charge in [-0.2, -0.15) is 0 Å². The van der Waals surface area contributed by atoms with E-state index in [1.54, 1.807) is 0 Å². The maximum absolute atomic E-state index is 2.57. The molecule has 0 amide bonds. The highest BCUT2D eigenvalue weighted by atomic mass is 15.2. The van der Waals surface area contributed by atoms with E-state index in [4.69, 9.17) is 0 Å². The third-order valence-electron chi connectivity index (χ3n) is 15.7. The van der Waals surface area contributed by atoms with Crippen molar-refractivity contribution in [3.8, 4) is 55.6 Å². The average Bonchev–Trinajstić information content (AvgIpc) is 3.91. The first kappa shape index (κ1) is 39.1. The lowest BCUT2D eigenvalue weighted by molar-refractivity contribution is 0.794. The summed E-state index contributed by atoms with van der Waals surface area (Å²) in [4.78, 5) is 5.11. The molecule has 0 saturated carbocycles. The second kappa shape index (κ2) is 15.0. The summed E-state index contributed by atoms with van der Waals surface area (Å²) in [5.41, 5.74) is 28.4. The van der Waals surface area contributed by atoms with Crippen molar-refractivity contribution in [1.29, 1.82) is 0 Å². The topological polar surface area (TPSA) is 6.48 Å². The van der Waals surface area contributed by atoms with Crippen LogP contribution in [0, 0.1) is 0 Å². The summed E-state index contributed by atoms with van der Waals surface area (Å²) < 4.78 is 0. The average molecular weight is 887 g/mol. The minimum absolute atomic E-state index is 0.0225. The first-order chi connectivity index (χ1) is 34.7. The third kappa shape index (κ3) is 5.46. The van der Waals surface area contributed by atoms with Gasteiger partial charge in [-0.25, -0.2) is 0 Å². The van der Waals surface area contributed by atoms with E-state index in [0.717, 1.165) is 11.4 Å². The number of para-hydroxylation sites is 1. The van der Waals surface area contributed by atoms with Crippen LogP contribution in [0.15, 0.2) is 261 Å². The molecule has 0 saturated heterocycles.